The Morgan fingerprint density at radius 3 is 2.20 bits per heavy atom. The molecule has 0 aliphatic heterocycles. The van der Waals surface area contributed by atoms with Crippen molar-refractivity contribution in [1.82, 2.24) is 35.0 Å². The van der Waals surface area contributed by atoms with Gasteiger partial charge in [-0.1, -0.05) is 5.10 Å². The normalized spacial score (nSPS) is 14.0. The number of nitrogens with zero attached hydrogens (tertiary/aromatic N) is 9. The number of aromatic nitrogens is 7. The Labute approximate surface area is 252 Å². The first-order valence-electron chi connectivity index (χ1n) is 13.6. The molecule has 3 heterocycles. The van der Waals surface area contributed by atoms with E-state index in [1.165, 1.54) is 11.9 Å². The van der Waals surface area contributed by atoms with E-state index in [2.05, 4.69) is 20.5 Å². The van der Waals surface area contributed by atoms with E-state index in [0.29, 0.717) is 41.0 Å². The summed E-state index contributed by atoms with van der Waals surface area (Å²) in [7, 11) is 3.18. The highest BCUT2D eigenvalue weighted by molar-refractivity contribution is 6.19. The minimum absolute atomic E-state index is 0.0394. The molecule has 44 heavy (non-hydrogen) atoms. The van der Waals surface area contributed by atoms with Crippen LogP contribution in [-0.4, -0.2) is 53.3 Å². The molecular formula is C27H28ClF6N9O. The monoisotopic (exact) mass is 643 g/mol. The van der Waals surface area contributed by atoms with Crippen LogP contribution >= 0.6 is 11.6 Å². The van der Waals surface area contributed by atoms with Gasteiger partial charge in [0.15, 0.2) is 5.65 Å². The van der Waals surface area contributed by atoms with Crippen LogP contribution in [-0.2, 0) is 44.3 Å². The fourth-order valence-corrected chi connectivity index (χ4v) is 5.10. The molecule has 1 fully saturated rings. The van der Waals surface area contributed by atoms with E-state index in [0.717, 1.165) is 17.6 Å². The molecule has 0 N–H and O–H groups in total. The molecule has 0 saturated heterocycles. The molecule has 0 spiro atoms. The molecule has 17 heteroatoms. The Balaban J connectivity index is 1.64. The summed E-state index contributed by atoms with van der Waals surface area (Å²) in [6, 6.07) is 3.17. The van der Waals surface area contributed by atoms with E-state index in [9.17, 15) is 31.1 Å². The smallest absolute Gasteiger partial charge is 0.329 e. The van der Waals surface area contributed by atoms with Gasteiger partial charge in [0.2, 0.25) is 5.91 Å². The molecule has 0 atom stereocenters. The first kappa shape index (κ1) is 31.5. The van der Waals surface area contributed by atoms with Crippen molar-refractivity contribution < 1.29 is 31.1 Å². The summed E-state index contributed by atoms with van der Waals surface area (Å²) >= 11 is 5.91. The lowest BCUT2D eigenvalue weighted by Crippen LogP contribution is -2.35. The van der Waals surface area contributed by atoms with E-state index in [1.807, 2.05) is 0 Å². The maximum Gasteiger partial charge on any atom is 0.416 e. The summed E-state index contributed by atoms with van der Waals surface area (Å²) in [6.45, 7) is 1.58. The second kappa shape index (κ2) is 11.9. The van der Waals surface area contributed by atoms with E-state index in [1.54, 1.807) is 29.6 Å². The van der Waals surface area contributed by atoms with Crippen molar-refractivity contribution in [3.8, 4) is 0 Å². The summed E-state index contributed by atoms with van der Waals surface area (Å²) in [5, 5.41) is 17.0. The summed E-state index contributed by atoms with van der Waals surface area (Å²) < 4.78 is 83.4. The van der Waals surface area contributed by atoms with Crippen molar-refractivity contribution in [3.05, 3.63) is 52.2 Å². The number of carbonyl (C=O) groups excluding carboxylic acids is 1. The number of halogens is 7. The van der Waals surface area contributed by atoms with E-state index < -0.39 is 30.0 Å². The van der Waals surface area contributed by atoms with E-state index in [4.69, 9.17) is 16.6 Å². The minimum Gasteiger partial charge on any atom is -0.329 e. The first-order chi connectivity index (χ1) is 20.6. The third-order valence-electron chi connectivity index (χ3n) is 7.22. The zero-order valence-electron chi connectivity index (χ0n) is 23.9. The van der Waals surface area contributed by atoms with Gasteiger partial charge in [-0.25, -0.2) is 4.98 Å². The van der Waals surface area contributed by atoms with Gasteiger partial charge >= 0.3 is 12.4 Å². The maximum atomic E-state index is 13.6. The molecule has 1 amide bonds. The number of carbonyl (C=O) groups is 1. The Bertz CT molecular complexity index is 1650. The molecule has 3 aromatic heterocycles. The number of anilines is 2. The number of aryl methyl sites for hydroxylation is 3. The van der Waals surface area contributed by atoms with Gasteiger partial charge in [0.05, 0.1) is 30.4 Å². The molecule has 5 rings (SSSR count). The number of fused-ring (bicyclic) bond motifs is 1. The lowest BCUT2D eigenvalue weighted by Gasteiger charge is -2.27. The predicted molar refractivity (Wildman–Crippen MR) is 149 cm³/mol. The molecule has 4 aromatic rings. The lowest BCUT2D eigenvalue weighted by atomic mass is 10.0. The van der Waals surface area contributed by atoms with Crippen molar-refractivity contribution in [1.29, 1.82) is 0 Å². The van der Waals surface area contributed by atoms with Gasteiger partial charge < -0.3 is 4.90 Å². The van der Waals surface area contributed by atoms with Crippen molar-refractivity contribution in [2.24, 2.45) is 20.0 Å². The first-order valence-corrected chi connectivity index (χ1v) is 14.1. The minimum atomic E-state index is -5.02. The molecular weight excluding hydrogens is 616 g/mol. The van der Waals surface area contributed by atoms with Crippen LogP contribution in [0.1, 0.15) is 47.2 Å². The maximum absolute atomic E-state index is 13.6. The van der Waals surface area contributed by atoms with Crippen LogP contribution in [0.25, 0.3) is 11.0 Å². The zero-order chi connectivity index (χ0) is 32.0. The highest BCUT2D eigenvalue weighted by Gasteiger charge is 2.37. The number of pyridine rings is 1. The molecule has 0 bridgehead atoms. The van der Waals surface area contributed by atoms with E-state index >= 15 is 0 Å². The average molecular weight is 644 g/mol. The predicted octanol–water partition coefficient (Wildman–Crippen LogP) is 5.42. The Hall–Kier alpha value is -3.95. The second-order valence-corrected chi connectivity index (χ2v) is 11.2. The van der Waals surface area contributed by atoms with Crippen molar-refractivity contribution in [2.75, 3.05) is 22.2 Å². The number of amides is 1. The summed E-state index contributed by atoms with van der Waals surface area (Å²) in [5.41, 5.74) is -1.55. The molecule has 0 unspecified atom stereocenters. The SMILES string of the molecule is Cc1nn(C)c2nc(N(CC3CC3)C(=O)CCCl)c(CN(Cc3cc(C(F)(F)F)cc(C(F)(F)F)c3)c3nnn(C)n3)cc12. The van der Waals surface area contributed by atoms with Crippen molar-refractivity contribution >= 4 is 40.3 Å². The lowest BCUT2D eigenvalue weighted by molar-refractivity contribution is -0.143. The van der Waals surface area contributed by atoms with Crippen LogP contribution in [0.4, 0.5) is 38.1 Å². The topological polar surface area (TPSA) is 97.9 Å². The number of benzene rings is 1. The van der Waals surface area contributed by atoms with Crippen LogP contribution < -0.4 is 9.80 Å². The second-order valence-electron chi connectivity index (χ2n) is 10.8. The standard InChI is InChI=1S/C27H28ClF6N9O/c1-15-21-10-18(23(35-24(21)40(2)37-15)43(13-16-4-5-16)22(44)6-7-28)14-42(25-36-39-41(3)38-25)12-17-8-19(26(29,30)31)11-20(9-17)27(32,33)34/h8-11,16H,4-7,12-14H2,1-3H3. The highest BCUT2D eigenvalue weighted by atomic mass is 35.5. The fraction of sp³-hybridized carbons (Fsp3) is 0.481. The summed E-state index contributed by atoms with van der Waals surface area (Å²) in [4.78, 5) is 22.2. The van der Waals surface area contributed by atoms with Crippen LogP contribution in [0, 0.1) is 12.8 Å². The fourth-order valence-electron chi connectivity index (χ4n) is 4.94. The molecule has 1 aliphatic rings. The van der Waals surface area contributed by atoms with E-state index in [-0.39, 0.29) is 54.1 Å². The third kappa shape index (κ3) is 6.89. The number of alkyl halides is 7. The molecule has 10 nitrogen and oxygen atoms in total. The Kier molecular flexibility index (Phi) is 8.48. The van der Waals surface area contributed by atoms with Gasteiger partial charge in [-0.15, -0.1) is 16.7 Å². The van der Waals surface area contributed by atoms with Crippen LogP contribution in [0.5, 0.6) is 0 Å². The quantitative estimate of drug-likeness (QED) is 0.168. The van der Waals surface area contributed by atoms with Gasteiger partial charge in [0.25, 0.3) is 5.95 Å². The number of hydrogen-bond donors (Lipinski definition) is 0. The van der Waals surface area contributed by atoms with Gasteiger partial charge in [-0.3, -0.25) is 14.4 Å². The zero-order valence-corrected chi connectivity index (χ0v) is 24.7. The number of rotatable bonds is 10. The Morgan fingerprint density at radius 2 is 1.66 bits per heavy atom. The number of tetrazole rings is 1. The largest absolute Gasteiger partial charge is 0.416 e. The van der Waals surface area contributed by atoms with Gasteiger partial charge in [-0.2, -0.15) is 36.2 Å². The van der Waals surface area contributed by atoms with Crippen molar-refractivity contribution in [2.45, 2.75) is 51.6 Å². The third-order valence-corrected chi connectivity index (χ3v) is 7.41. The van der Waals surface area contributed by atoms with Gasteiger partial charge in [-0.05, 0) is 60.7 Å². The van der Waals surface area contributed by atoms with Crippen molar-refractivity contribution in [3.63, 3.8) is 0 Å². The Morgan fingerprint density at radius 1 is 1.00 bits per heavy atom. The van der Waals surface area contributed by atoms with Crippen LogP contribution in [0.2, 0.25) is 0 Å². The molecule has 1 saturated carbocycles. The van der Waals surface area contributed by atoms with Crippen LogP contribution in [0.15, 0.2) is 24.3 Å². The molecule has 0 radical (unpaired) electrons. The van der Waals surface area contributed by atoms with Gasteiger partial charge in [0.1, 0.15) is 5.82 Å². The summed E-state index contributed by atoms with van der Waals surface area (Å²) in [6.07, 6.45) is -8.13. The van der Waals surface area contributed by atoms with Gasteiger partial charge in [0, 0.05) is 43.4 Å². The highest BCUT2D eigenvalue weighted by Crippen LogP contribution is 2.38. The number of hydrogen-bond acceptors (Lipinski definition) is 7. The average Bonchev–Trinajstić information content (AvgIpc) is 3.59. The summed E-state index contributed by atoms with van der Waals surface area (Å²) in [5.74, 6) is 0.312. The molecule has 1 aromatic carbocycles. The molecule has 1 aliphatic carbocycles. The van der Waals surface area contributed by atoms with Crippen LogP contribution in [0.3, 0.4) is 0 Å². The molecule has 236 valence electrons.